The fourth-order valence-electron chi connectivity index (χ4n) is 1.68. The minimum Gasteiger partial charge on any atom is -0.272 e. The SMILES string of the molecule is N#CC(C#N)N1CCc2sccc2C1. The van der Waals surface area contributed by atoms with Gasteiger partial charge in [0, 0.05) is 18.0 Å². The van der Waals surface area contributed by atoms with Crippen LogP contribution in [0.4, 0.5) is 0 Å². The van der Waals surface area contributed by atoms with Crippen molar-refractivity contribution in [3.05, 3.63) is 21.9 Å². The van der Waals surface area contributed by atoms with Crippen molar-refractivity contribution in [1.29, 1.82) is 10.5 Å². The second-order valence-electron chi connectivity index (χ2n) is 3.25. The highest BCUT2D eigenvalue weighted by Gasteiger charge is 2.23. The fraction of sp³-hybridized carbons (Fsp3) is 0.400. The summed E-state index contributed by atoms with van der Waals surface area (Å²) in [7, 11) is 0. The maximum atomic E-state index is 8.77. The zero-order chi connectivity index (χ0) is 9.97. The van der Waals surface area contributed by atoms with Crippen LogP contribution in [-0.4, -0.2) is 17.5 Å². The topological polar surface area (TPSA) is 50.8 Å². The summed E-state index contributed by atoms with van der Waals surface area (Å²) < 4.78 is 0. The number of rotatable bonds is 1. The highest BCUT2D eigenvalue weighted by atomic mass is 32.1. The number of thiophene rings is 1. The van der Waals surface area contributed by atoms with E-state index in [0.717, 1.165) is 19.5 Å². The summed E-state index contributed by atoms with van der Waals surface area (Å²) in [6.45, 7) is 1.56. The predicted molar refractivity (Wildman–Crippen MR) is 53.4 cm³/mol. The number of fused-ring (bicyclic) bond motifs is 1. The highest BCUT2D eigenvalue weighted by Crippen LogP contribution is 2.24. The van der Waals surface area contributed by atoms with Gasteiger partial charge < -0.3 is 0 Å². The molecule has 0 aliphatic carbocycles. The molecule has 1 aromatic rings. The Bertz CT molecular complexity index is 396. The third-order valence-corrected chi connectivity index (χ3v) is 3.47. The molecule has 1 aliphatic rings. The zero-order valence-corrected chi connectivity index (χ0v) is 8.42. The molecule has 0 unspecified atom stereocenters. The van der Waals surface area contributed by atoms with Crippen LogP contribution < -0.4 is 0 Å². The summed E-state index contributed by atoms with van der Waals surface area (Å²) in [5.74, 6) is 0. The summed E-state index contributed by atoms with van der Waals surface area (Å²) in [4.78, 5) is 3.32. The molecule has 0 amide bonds. The molecule has 4 heteroatoms. The molecule has 0 aromatic carbocycles. The van der Waals surface area contributed by atoms with Gasteiger partial charge in [0.1, 0.15) is 0 Å². The molecular formula is C10H9N3S. The second-order valence-corrected chi connectivity index (χ2v) is 4.25. The molecule has 14 heavy (non-hydrogen) atoms. The number of nitriles is 2. The van der Waals surface area contributed by atoms with Crippen LogP contribution in [0.3, 0.4) is 0 Å². The first-order chi connectivity index (χ1) is 6.85. The summed E-state index contributed by atoms with van der Waals surface area (Å²) in [6, 6.07) is 5.51. The molecule has 0 N–H and O–H groups in total. The Labute approximate surface area is 86.8 Å². The van der Waals surface area contributed by atoms with E-state index in [1.807, 2.05) is 17.0 Å². The van der Waals surface area contributed by atoms with Crippen LogP contribution in [0.1, 0.15) is 10.4 Å². The second kappa shape index (κ2) is 3.79. The van der Waals surface area contributed by atoms with Crippen LogP contribution in [-0.2, 0) is 13.0 Å². The van der Waals surface area contributed by atoms with Crippen LogP contribution >= 0.6 is 11.3 Å². The zero-order valence-electron chi connectivity index (χ0n) is 7.60. The summed E-state index contributed by atoms with van der Waals surface area (Å²) in [5.41, 5.74) is 1.27. The van der Waals surface area contributed by atoms with E-state index in [-0.39, 0.29) is 0 Å². The lowest BCUT2D eigenvalue weighted by atomic mass is 10.1. The standard InChI is InChI=1S/C10H9N3S/c11-5-9(6-12)13-3-1-10-8(7-13)2-4-14-10/h2,4,9H,1,3,7H2. The molecule has 0 atom stereocenters. The molecular weight excluding hydrogens is 194 g/mol. The van der Waals surface area contributed by atoms with Crippen LogP contribution in [0.15, 0.2) is 11.4 Å². The lowest BCUT2D eigenvalue weighted by molar-refractivity contribution is 0.249. The fourth-order valence-corrected chi connectivity index (χ4v) is 2.57. The molecule has 0 fully saturated rings. The molecule has 0 saturated carbocycles. The average molecular weight is 203 g/mol. The maximum Gasteiger partial charge on any atom is 0.186 e. The molecule has 1 aliphatic heterocycles. The lowest BCUT2D eigenvalue weighted by Gasteiger charge is -2.26. The third kappa shape index (κ3) is 1.50. The van der Waals surface area contributed by atoms with Crippen molar-refractivity contribution in [3.63, 3.8) is 0 Å². The van der Waals surface area contributed by atoms with Gasteiger partial charge in [-0.05, 0) is 23.4 Å². The van der Waals surface area contributed by atoms with Crippen LogP contribution in [0.25, 0.3) is 0 Å². The van der Waals surface area contributed by atoms with Gasteiger partial charge in [-0.3, -0.25) is 4.90 Å². The predicted octanol–water partition coefficient (Wildman–Crippen LogP) is 1.52. The number of nitrogens with zero attached hydrogens (tertiary/aromatic N) is 3. The van der Waals surface area contributed by atoms with E-state index in [2.05, 4.69) is 11.4 Å². The first-order valence-corrected chi connectivity index (χ1v) is 5.31. The molecule has 1 aromatic heterocycles. The van der Waals surface area contributed by atoms with E-state index in [1.165, 1.54) is 10.4 Å². The highest BCUT2D eigenvalue weighted by molar-refractivity contribution is 7.10. The van der Waals surface area contributed by atoms with Gasteiger partial charge in [0.15, 0.2) is 6.04 Å². The molecule has 0 spiro atoms. The molecule has 2 rings (SSSR count). The van der Waals surface area contributed by atoms with Crippen molar-refractivity contribution in [2.75, 3.05) is 6.54 Å². The van der Waals surface area contributed by atoms with E-state index < -0.39 is 6.04 Å². The minimum absolute atomic E-state index is 0.594. The number of hydrogen-bond donors (Lipinski definition) is 0. The van der Waals surface area contributed by atoms with E-state index in [4.69, 9.17) is 10.5 Å². The van der Waals surface area contributed by atoms with Gasteiger partial charge in [-0.15, -0.1) is 11.3 Å². The van der Waals surface area contributed by atoms with Crippen molar-refractivity contribution in [1.82, 2.24) is 4.90 Å². The Morgan fingerprint density at radius 3 is 2.93 bits per heavy atom. The Morgan fingerprint density at radius 2 is 2.21 bits per heavy atom. The third-order valence-electron chi connectivity index (χ3n) is 2.45. The minimum atomic E-state index is -0.594. The van der Waals surface area contributed by atoms with Crippen molar-refractivity contribution in [3.8, 4) is 12.1 Å². The van der Waals surface area contributed by atoms with E-state index >= 15 is 0 Å². The van der Waals surface area contributed by atoms with Gasteiger partial charge >= 0.3 is 0 Å². The molecule has 0 bridgehead atoms. The van der Waals surface area contributed by atoms with Crippen LogP contribution in [0.2, 0.25) is 0 Å². The van der Waals surface area contributed by atoms with Crippen molar-refractivity contribution >= 4 is 11.3 Å². The lowest BCUT2D eigenvalue weighted by Crippen LogP contribution is -2.37. The van der Waals surface area contributed by atoms with Crippen molar-refractivity contribution < 1.29 is 0 Å². The van der Waals surface area contributed by atoms with Gasteiger partial charge in [-0.1, -0.05) is 0 Å². The van der Waals surface area contributed by atoms with Gasteiger partial charge in [0.05, 0.1) is 12.1 Å². The molecule has 2 heterocycles. The largest absolute Gasteiger partial charge is 0.272 e. The quantitative estimate of drug-likeness (QED) is 0.695. The van der Waals surface area contributed by atoms with Gasteiger partial charge in [0.25, 0.3) is 0 Å². The van der Waals surface area contributed by atoms with Crippen molar-refractivity contribution in [2.45, 2.75) is 19.0 Å². The monoisotopic (exact) mass is 203 g/mol. The Balaban J connectivity index is 2.16. The molecule has 0 radical (unpaired) electrons. The summed E-state index contributed by atoms with van der Waals surface area (Å²) in [6.07, 6.45) is 0.965. The molecule has 70 valence electrons. The first kappa shape index (κ1) is 9.21. The van der Waals surface area contributed by atoms with E-state index in [0.29, 0.717) is 0 Å². The van der Waals surface area contributed by atoms with E-state index in [9.17, 15) is 0 Å². The van der Waals surface area contributed by atoms with E-state index in [1.54, 1.807) is 11.3 Å². The summed E-state index contributed by atoms with van der Waals surface area (Å²) in [5, 5.41) is 19.6. The van der Waals surface area contributed by atoms with Gasteiger partial charge in [-0.2, -0.15) is 10.5 Å². The Hall–Kier alpha value is -1.36. The Kier molecular flexibility index (Phi) is 2.49. The number of hydrogen-bond acceptors (Lipinski definition) is 4. The van der Waals surface area contributed by atoms with Crippen LogP contribution in [0, 0.1) is 22.7 Å². The maximum absolute atomic E-state index is 8.77. The van der Waals surface area contributed by atoms with Crippen LogP contribution in [0.5, 0.6) is 0 Å². The average Bonchev–Trinajstić information content (AvgIpc) is 2.66. The molecule has 0 saturated heterocycles. The smallest absolute Gasteiger partial charge is 0.186 e. The summed E-state index contributed by atoms with van der Waals surface area (Å²) >= 11 is 1.76. The Morgan fingerprint density at radius 1 is 1.43 bits per heavy atom. The molecule has 3 nitrogen and oxygen atoms in total. The normalized spacial score (nSPS) is 15.9. The van der Waals surface area contributed by atoms with Gasteiger partial charge in [0.2, 0.25) is 0 Å². The van der Waals surface area contributed by atoms with Crippen molar-refractivity contribution in [2.24, 2.45) is 0 Å². The van der Waals surface area contributed by atoms with Gasteiger partial charge in [-0.25, -0.2) is 0 Å². The first-order valence-electron chi connectivity index (χ1n) is 4.43.